The molecule has 0 saturated carbocycles. The van der Waals surface area contributed by atoms with Gasteiger partial charge in [-0.1, -0.05) is 48.0 Å². The Morgan fingerprint density at radius 1 is 0.338 bits per heavy atom. The van der Waals surface area contributed by atoms with Crippen LogP contribution in [-0.2, 0) is 4.74 Å². The third-order valence-corrected chi connectivity index (χ3v) is 12.6. The van der Waals surface area contributed by atoms with Gasteiger partial charge in [-0.15, -0.1) is 0 Å². The number of ether oxygens (including phenoxy) is 4. The smallest absolute Gasteiger partial charge is 0.119 e. The fourth-order valence-corrected chi connectivity index (χ4v) is 9.02. The predicted octanol–water partition coefficient (Wildman–Crippen LogP) is -1.05. The van der Waals surface area contributed by atoms with Gasteiger partial charge >= 0.3 is 0 Å². The Kier molecular flexibility index (Phi) is 30.2. The number of allylic oxidation sites excluding steroid dienone is 4. The quantitative estimate of drug-likeness (QED) is 0.0323. The zero-order valence-electron chi connectivity index (χ0n) is 42.7. The minimum Gasteiger partial charge on any atom is -0.495 e. The lowest BCUT2D eigenvalue weighted by atomic mass is 9.71. The van der Waals surface area contributed by atoms with Crippen molar-refractivity contribution in [3.63, 3.8) is 0 Å². The molecule has 4 rings (SSSR count). The minimum atomic E-state index is -0.884. The van der Waals surface area contributed by atoms with Gasteiger partial charge in [0.05, 0.1) is 58.6 Å². The highest BCUT2D eigenvalue weighted by Gasteiger charge is 2.31. The molecule has 3 aromatic carbocycles. The van der Waals surface area contributed by atoms with E-state index in [2.05, 4.69) is 0 Å². The summed E-state index contributed by atoms with van der Waals surface area (Å²) in [5.74, 6) is 1.66. The van der Waals surface area contributed by atoms with Gasteiger partial charge in [0.2, 0.25) is 0 Å². The molecule has 0 fully saturated rings. The van der Waals surface area contributed by atoms with Gasteiger partial charge in [0.25, 0.3) is 0 Å². The second kappa shape index (κ2) is 35.9. The molecular formula is C54H84N4O16. The molecule has 416 valence electrons. The van der Waals surface area contributed by atoms with Crippen molar-refractivity contribution in [3.05, 3.63) is 113 Å². The second-order valence-electron chi connectivity index (χ2n) is 18.4. The van der Waals surface area contributed by atoms with E-state index in [1.165, 1.54) is 0 Å². The van der Waals surface area contributed by atoms with Crippen molar-refractivity contribution in [2.24, 2.45) is 0 Å². The number of hydrogen-bond donors (Lipinski definition) is 12. The van der Waals surface area contributed by atoms with E-state index in [0.717, 1.165) is 22.3 Å². The van der Waals surface area contributed by atoms with Crippen molar-refractivity contribution >= 4 is 0 Å². The molecule has 74 heavy (non-hydrogen) atoms. The van der Waals surface area contributed by atoms with Crippen LogP contribution in [0.3, 0.4) is 0 Å². The molecule has 0 amide bonds. The molecule has 5 atom stereocenters. The Morgan fingerprint density at radius 2 is 0.608 bits per heavy atom. The first-order valence-electron chi connectivity index (χ1n) is 25.7. The first-order valence-corrected chi connectivity index (χ1v) is 25.7. The minimum absolute atomic E-state index is 0.0167. The summed E-state index contributed by atoms with van der Waals surface area (Å²) < 4.78 is 24.2. The summed E-state index contributed by atoms with van der Waals surface area (Å²) in [6.45, 7) is 2.36. The molecule has 20 nitrogen and oxygen atoms in total. The standard InChI is InChI=1S/C54H84N4O16/c59-25-17-55(18-26-60)33-45(67)37-71-49-9-1-41(2-10-49)53(42-3-11-50(12-4-42)72-38-46(68)34-56(19-27-61)20-28-62)54(43-5-13-51(14-6-43)73-39-47(69)35-57(21-29-63)22-30-64)44-7-15-52(16-8-44)74-40-48(70)36-58(23-31-65)24-32-66/h1-7,9-15,45-48,53-54,59-70H,8,16-40H2. The van der Waals surface area contributed by atoms with Crippen LogP contribution in [0.2, 0.25) is 0 Å². The maximum absolute atomic E-state index is 10.8. The van der Waals surface area contributed by atoms with Gasteiger partial charge in [-0.05, 0) is 65.6 Å². The van der Waals surface area contributed by atoms with Gasteiger partial charge in [-0.25, -0.2) is 0 Å². The van der Waals surface area contributed by atoms with E-state index in [1.807, 2.05) is 84.9 Å². The fraction of sp³-hybridized carbons (Fsp3) is 0.593. The zero-order valence-corrected chi connectivity index (χ0v) is 42.7. The van der Waals surface area contributed by atoms with E-state index in [1.54, 1.807) is 19.6 Å². The fourth-order valence-electron chi connectivity index (χ4n) is 9.02. The second-order valence-corrected chi connectivity index (χ2v) is 18.4. The number of hydrogen-bond acceptors (Lipinski definition) is 20. The van der Waals surface area contributed by atoms with E-state index in [4.69, 9.17) is 18.9 Å². The SMILES string of the molecule is OCCN(CCO)CC(O)COC1=CC=C(C(c2ccc(OCC(O)CN(CCO)CCO)cc2)C(c2ccc(OCC(O)CN(CCO)CCO)cc2)c2ccc(OCC(O)CN(CCO)CCO)cc2)CC1. The normalized spacial score (nSPS) is 15.5. The maximum Gasteiger partial charge on any atom is 0.119 e. The summed E-state index contributed by atoms with van der Waals surface area (Å²) in [7, 11) is 0. The number of rotatable bonds is 41. The molecule has 1 aliphatic carbocycles. The van der Waals surface area contributed by atoms with Crippen LogP contribution in [0.4, 0.5) is 0 Å². The molecule has 12 N–H and O–H groups in total. The molecule has 0 radical (unpaired) electrons. The first-order chi connectivity index (χ1) is 36.0. The Balaban J connectivity index is 1.70. The monoisotopic (exact) mass is 1040 g/mol. The molecule has 0 aliphatic heterocycles. The summed E-state index contributed by atoms with van der Waals surface area (Å²) >= 11 is 0. The predicted molar refractivity (Wildman–Crippen MR) is 278 cm³/mol. The van der Waals surface area contributed by atoms with Crippen molar-refractivity contribution in [2.75, 3.05) is 158 Å². The van der Waals surface area contributed by atoms with Crippen LogP contribution in [0.1, 0.15) is 41.4 Å². The Hall–Kier alpha value is -4.30. The molecule has 0 bridgehead atoms. The van der Waals surface area contributed by atoms with Crippen LogP contribution >= 0.6 is 0 Å². The number of benzene rings is 3. The maximum atomic E-state index is 10.8. The summed E-state index contributed by atoms with van der Waals surface area (Å²) in [5, 5.41) is 119. The van der Waals surface area contributed by atoms with E-state index in [0.29, 0.717) is 88.2 Å². The van der Waals surface area contributed by atoms with Crippen molar-refractivity contribution in [2.45, 2.75) is 49.1 Å². The number of aliphatic hydroxyl groups excluding tert-OH is 12. The third kappa shape index (κ3) is 22.5. The largest absolute Gasteiger partial charge is 0.495 e. The van der Waals surface area contributed by atoms with Crippen LogP contribution in [0.15, 0.2) is 96.3 Å². The van der Waals surface area contributed by atoms with Crippen LogP contribution in [0, 0.1) is 0 Å². The molecule has 3 aromatic rings. The number of nitrogens with zero attached hydrogens (tertiary/aromatic N) is 4. The van der Waals surface area contributed by atoms with Gasteiger partial charge in [0.1, 0.15) is 68.1 Å². The van der Waals surface area contributed by atoms with Crippen LogP contribution in [0.5, 0.6) is 17.2 Å². The van der Waals surface area contributed by atoms with E-state index in [-0.39, 0.29) is 117 Å². The van der Waals surface area contributed by atoms with Crippen LogP contribution in [-0.4, -0.2) is 263 Å². The summed E-state index contributed by atoms with van der Waals surface area (Å²) in [6, 6.07) is 23.0. The number of aliphatic hydroxyl groups is 12. The lowest BCUT2D eigenvalue weighted by Gasteiger charge is -2.33. The highest BCUT2D eigenvalue weighted by atomic mass is 16.5. The van der Waals surface area contributed by atoms with E-state index < -0.39 is 24.4 Å². The van der Waals surface area contributed by atoms with Crippen molar-refractivity contribution < 1.29 is 80.2 Å². The molecule has 0 aromatic heterocycles. The van der Waals surface area contributed by atoms with Crippen LogP contribution in [0.25, 0.3) is 0 Å². The van der Waals surface area contributed by atoms with Gasteiger partial charge in [0, 0.05) is 96.8 Å². The molecule has 1 aliphatic rings. The zero-order chi connectivity index (χ0) is 53.5. The summed E-state index contributed by atoms with van der Waals surface area (Å²) in [5.41, 5.74) is 3.89. The molecule has 0 spiro atoms. The lowest BCUT2D eigenvalue weighted by molar-refractivity contribution is 0.0323. The van der Waals surface area contributed by atoms with Crippen molar-refractivity contribution in [1.82, 2.24) is 19.6 Å². The lowest BCUT2D eigenvalue weighted by Crippen LogP contribution is -2.38. The summed E-state index contributed by atoms with van der Waals surface area (Å²) in [4.78, 5) is 7.03. The molecule has 0 heterocycles. The average Bonchev–Trinajstić information content (AvgIpc) is 3.39. The van der Waals surface area contributed by atoms with Gasteiger partial charge < -0.3 is 80.2 Å². The average molecular weight is 1050 g/mol. The Bertz CT molecular complexity index is 1890. The molecular weight excluding hydrogens is 961 g/mol. The van der Waals surface area contributed by atoms with Gasteiger partial charge in [-0.3, -0.25) is 19.6 Å². The molecule has 5 unspecified atom stereocenters. The highest BCUT2D eigenvalue weighted by Crippen LogP contribution is 2.46. The van der Waals surface area contributed by atoms with E-state index in [9.17, 15) is 61.3 Å². The highest BCUT2D eigenvalue weighted by molar-refractivity contribution is 5.48. The van der Waals surface area contributed by atoms with Crippen LogP contribution < -0.4 is 14.2 Å². The van der Waals surface area contributed by atoms with Gasteiger partial charge in [0.15, 0.2) is 0 Å². The summed E-state index contributed by atoms with van der Waals surface area (Å²) in [6.07, 6.45) is 1.58. The topological polar surface area (TPSA) is 293 Å². The van der Waals surface area contributed by atoms with Crippen molar-refractivity contribution in [1.29, 1.82) is 0 Å². The molecule has 0 saturated heterocycles. The Morgan fingerprint density at radius 3 is 0.865 bits per heavy atom. The molecule has 20 heteroatoms. The van der Waals surface area contributed by atoms with Gasteiger partial charge in [-0.2, -0.15) is 0 Å². The first kappa shape index (κ1) is 62.2. The Labute approximate surface area is 435 Å². The van der Waals surface area contributed by atoms with Crippen molar-refractivity contribution in [3.8, 4) is 17.2 Å². The van der Waals surface area contributed by atoms with E-state index >= 15 is 0 Å². The third-order valence-electron chi connectivity index (χ3n) is 12.6.